The number of hydrogen-bond donors (Lipinski definition) is 1. The van der Waals surface area contributed by atoms with E-state index in [2.05, 4.69) is 20.2 Å². The van der Waals surface area contributed by atoms with Gasteiger partial charge in [-0.25, -0.2) is 23.4 Å². The van der Waals surface area contributed by atoms with Crippen molar-refractivity contribution in [3.63, 3.8) is 0 Å². The third-order valence-corrected chi connectivity index (χ3v) is 7.40. The number of aryl methyl sites for hydroxylation is 1. The molecule has 2 fully saturated rings. The van der Waals surface area contributed by atoms with Gasteiger partial charge in [0.15, 0.2) is 11.6 Å². The summed E-state index contributed by atoms with van der Waals surface area (Å²) in [4.78, 5) is 17.6. The van der Waals surface area contributed by atoms with Crippen molar-refractivity contribution in [1.29, 1.82) is 0 Å². The van der Waals surface area contributed by atoms with E-state index in [9.17, 15) is 8.78 Å². The van der Waals surface area contributed by atoms with Gasteiger partial charge in [0.25, 0.3) is 0 Å². The Hall–Kier alpha value is -3.50. The first-order valence-electron chi connectivity index (χ1n) is 12.1. The number of benzene rings is 1. The summed E-state index contributed by atoms with van der Waals surface area (Å²) in [5.74, 6) is 1.89. The lowest BCUT2D eigenvalue weighted by Crippen LogP contribution is -2.48. The van der Waals surface area contributed by atoms with Crippen LogP contribution in [0.5, 0.6) is 5.88 Å². The van der Waals surface area contributed by atoms with Gasteiger partial charge in [0, 0.05) is 50.0 Å². The fraction of sp³-hybridized carbons (Fsp3) is 0.500. The molecule has 1 saturated carbocycles. The topological polar surface area (TPSA) is 84.2 Å². The molecule has 1 saturated heterocycles. The van der Waals surface area contributed by atoms with E-state index in [0.29, 0.717) is 41.8 Å². The molecular weight excluding hydrogens is 454 g/mol. The van der Waals surface area contributed by atoms with Gasteiger partial charge in [-0.1, -0.05) is 0 Å². The molecule has 1 aromatic carbocycles. The number of hydrogen-bond acceptors (Lipinski definition) is 8. The summed E-state index contributed by atoms with van der Waals surface area (Å²) in [6, 6.07) is 6.14. The van der Waals surface area contributed by atoms with E-state index in [1.165, 1.54) is 6.07 Å². The van der Waals surface area contributed by atoms with Crippen molar-refractivity contribution in [1.82, 2.24) is 24.7 Å². The summed E-state index contributed by atoms with van der Waals surface area (Å²) >= 11 is 0. The van der Waals surface area contributed by atoms with Crippen LogP contribution >= 0.6 is 0 Å². The molecule has 2 aromatic heterocycles. The van der Waals surface area contributed by atoms with Crippen LogP contribution in [-0.4, -0.2) is 57.5 Å². The molecule has 1 aliphatic carbocycles. The molecule has 184 valence electrons. The molecule has 2 bridgehead atoms. The van der Waals surface area contributed by atoms with Crippen LogP contribution in [0.4, 0.5) is 32.2 Å². The minimum atomic E-state index is -0.860. The standard InChI is InChI=1S/C24H28F2N8O/c1-35-21-11-20(27-14-28-21)32-12-15-4-5-16(13-32)22(15)29-23-30-24-33(8-2-3-9-34(24)31-23)17-6-7-18(25)19(26)10-17/h6-7,10-11,14-16,22H,2-5,8-9,12-13H2,1H3,(H,29,31)/t15-,16+,22-. The lowest BCUT2D eigenvalue weighted by molar-refractivity contribution is 0.372. The smallest absolute Gasteiger partial charge is 0.244 e. The maximum absolute atomic E-state index is 13.9. The highest BCUT2D eigenvalue weighted by molar-refractivity contribution is 5.59. The number of nitrogens with zero attached hydrogens (tertiary/aromatic N) is 7. The molecule has 6 rings (SSSR count). The molecule has 3 atom stereocenters. The van der Waals surface area contributed by atoms with Crippen LogP contribution in [0.1, 0.15) is 25.7 Å². The molecule has 35 heavy (non-hydrogen) atoms. The summed E-state index contributed by atoms with van der Waals surface area (Å²) in [5, 5.41) is 8.37. The number of piperidine rings is 1. The Balaban J connectivity index is 1.21. The first-order valence-corrected chi connectivity index (χ1v) is 12.1. The second-order valence-electron chi connectivity index (χ2n) is 9.51. The molecule has 2 aliphatic heterocycles. The average Bonchev–Trinajstić information content (AvgIpc) is 3.27. The van der Waals surface area contributed by atoms with Crippen LogP contribution in [0.25, 0.3) is 0 Å². The zero-order valence-corrected chi connectivity index (χ0v) is 19.6. The van der Waals surface area contributed by atoms with Gasteiger partial charge in [0.2, 0.25) is 17.8 Å². The monoisotopic (exact) mass is 482 g/mol. The maximum atomic E-state index is 13.9. The number of rotatable bonds is 5. The van der Waals surface area contributed by atoms with E-state index in [4.69, 9.17) is 14.8 Å². The third kappa shape index (κ3) is 4.12. The van der Waals surface area contributed by atoms with E-state index < -0.39 is 11.6 Å². The van der Waals surface area contributed by atoms with Gasteiger partial charge in [-0.15, -0.1) is 5.10 Å². The summed E-state index contributed by atoms with van der Waals surface area (Å²) in [6.07, 6.45) is 5.68. The van der Waals surface area contributed by atoms with Crippen molar-refractivity contribution in [2.75, 3.05) is 41.9 Å². The normalized spacial score (nSPS) is 23.7. The van der Waals surface area contributed by atoms with Crippen LogP contribution < -0.4 is 19.9 Å². The van der Waals surface area contributed by atoms with E-state index >= 15 is 0 Å². The van der Waals surface area contributed by atoms with Gasteiger partial charge in [0.1, 0.15) is 12.1 Å². The van der Waals surface area contributed by atoms with Crippen molar-refractivity contribution < 1.29 is 13.5 Å². The predicted molar refractivity (Wildman–Crippen MR) is 127 cm³/mol. The molecule has 9 nitrogen and oxygen atoms in total. The molecule has 11 heteroatoms. The number of aromatic nitrogens is 5. The Labute approximate surface area is 202 Å². The quantitative estimate of drug-likeness (QED) is 0.591. The van der Waals surface area contributed by atoms with Crippen LogP contribution in [0.15, 0.2) is 30.6 Å². The number of halogens is 2. The molecule has 0 spiro atoms. The van der Waals surface area contributed by atoms with Gasteiger partial charge in [-0.3, -0.25) is 0 Å². The minimum Gasteiger partial charge on any atom is -0.481 e. The number of ether oxygens (including phenoxy) is 1. The number of fused-ring (bicyclic) bond motifs is 3. The first-order chi connectivity index (χ1) is 17.1. The SMILES string of the molecule is COc1cc(N2C[C@H]3CC[C@@H](C2)[C@@H]3Nc2nc3n(n2)CCCCN3c2ccc(F)c(F)c2)ncn1. The Bertz CT molecular complexity index is 1210. The van der Waals surface area contributed by atoms with E-state index in [1.807, 2.05) is 15.6 Å². The molecule has 3 aliphatic rings. The number of methoxy groups -OCH3 is 1. The highest BCUT2D eigenvalue weighted by Gasteiger charge is 2.43. The molecule has 0 unspecified atom stereocenters. The number of anilines is 4. The fourth-order valence-corrected chi connectivity index (χ4v) is 5.68. The van der Waals surface area contributed by atoms with E-state index in [1.54, 1.807) is 19.5 Å². The van der Waals surface area contributed by atoms with E-state index in [-0.39, 0.29) is 6.04 Å². The lowest BCUT2D eigenvalue weighted by Gasteiger charge is -2.38. The van der Waals surface area contributed by atoms with Gasteiger partial charge < -0.3 is 19.9 Å². The van der Waals surface area contributed by atoms with Crippen molar-refractivity contribution in [2.24, 2.45) is 11.8 Å². The Morgan fingerprint density at radius 3 is 2.57 bits per heavy atom. The molecule has 1 N–H and O–H groups in total. The average molecular weight is 483 g/mol. The van der Waals surface area contributed by atoms with Crippen molar-refractivity contribution >= 4 is 23.4 Å². The lowest BCUT2D eigenvalue weighted by atomic mass is 9.92. The summed E-state index contributed by atoms with van der Waals surface area (Å²) in [5.41, 5.74) is 0.583. The Morgan fingerprint density at radius 2 is 1.80 bits per heavy atom. The highest BCUT2D eigenvalue weighted by atomic mass is 19.2. The second-order valence-corrected chi connectivity index (χ2v) is 9.51. The van der Waals surface area contributed by atoms with Crippen molar-refractivity contribution in [2.45, 2.75) is 38.3 Å². The molecule has 0 amide bonds. The Morgan fingerprint density at radius 1 is 1.00 bits per heavy atom. The van der Waals surface area contributed by atoms with Crippen molar-refractivity contribution in [3.8, 4) is 5.88 Å². The predicted octanol–water partition coefficient (Wildman–Crippen LogP) is 3.61. The van der Waals surface area contributed by atoms with Gasteiger partial charge in [-0.05, 0) is 49.7 Å². The Kier molecular flexibility index (Phi) is 5.62. The largest absolute Gasteiger partial charge is 0.481 e. The maximum Gasteiger partial charge on any atom is 0.244 e. The summed E-state index contributed by atoms with van der Waals surface area (Å²) in [6.45, 7) is 3.20. The minimum absolute atomic E-state index is 0.276. The fourth-order valence-electron chi connectivity index (χ4n) is 5.68. The van der Waals surface area contributed by atoms with Crippen LogP contribution in [0, 0.1) is 23.5 Å². The van der Waals surface area contributed by atoms with Crippen LogP contribution in [0.3, 0.4) is 0 Å². The van der Waals surface area contributed by atoms with Crippen LogP contribution in [-0.2, 0) is 6.54 Å². The van der Waals surface area contributed by atoms with Crippen molar-refractivity contribution in [3.05, 3.63) is 42.2 Å². The van der Waals surface area contributed by atoms with E-state index in [0.717, 1.165) is 57.2 Å². The highest BCUT2D eigenvalue weighted by Crippen LogP contribution is 2.40. The van der Waals surface area contributed by atoms with Gasteiger partial charge in [-0.2, -0.15) is 4.98 Å². The molecular formula is C24H28F2N8O. The molecule has 4 heterocycles. The zero-order valence-electron chi connectivity index (χ0n) is 19.6. The summed E-state index contributed by atoms with van der Waals surface area (Å²) in [7, 11) is 1.61. The second kappa shape index (κ2) is 8.94. The zero-order chi connectivity index (χ0) is 23.9. The van der Waals surface area contributed by atoms with Gasteiger partial charge >= 0.3 is 0 Å². The third-order valence-electron chi connectivity index (χ3n) is 7.40. The number of nitrogens with one attached hydrogen (secondary N) is 1. The molecule has 3 aromatic rings. The van der Waals surface area contributed by atoms with Gasteiger partial charge in [0.05, 0.1) is 7.11 Å². The summed E-state index contributed by atoms with van der Waals surface area (Å²) < 4.78 is 34.6. The first kappa shape index (κ1) is 22.0. The molecule has 0 radical (unpaired) electrons. The van der Waals surface area contributed by atoms with Crippen LogP contribution in [0.2, 0.25) is 0 Å².